The Kier molecular flexibility index (Phi) is 5.66. The average molecular weight is 369 g/mol. The molecule has 1 N–H and O–H groups in total. The van der Waals surface area contributed by atoms with Crippen molar-refractivity contribution in [1.82, 2.24) is 10.2 Å². The molecule has 1 aromatic carbocycles. The molecule has 1 aromatic rings. The molecular weight excluding hydrogens is 343 g/mol. The predicted octanol–water partition coefficient (Wildman–Crippen LogP) is 2.65. The molecule has 25 heavy (non-hydrogen) atoms. The molecule has 4 rings (SSSR count). The topological polar surface area (TPSA) is 41.6 Å². The monoisotopic (exact) mass is 368 g/mol. The molecule has 1 amide bonds. The fraction of sp³-hybridized carbons (Fsp3) is 0.632. The number of nitrogens with one attached hydrogen (secondary N) is 1. The van der Waals surface area contributed by atoms with Crippen LogP contribution in [0.1, 0.15) is 37.7 Å². The molecule has 138 valence electrons. The minimum Gasteiger partial charge on any atom is -0.381 e. The number of halogens is 2. The molecule has 2 unspecified atom stereocenters. The van der Waals surface area contributed by atoms with Crippen LogP contribution >= 0.6 is 12.4 Å². The third kappa shape index (κ3) is 3.29. The first-order valence-corrected chi connectivity index (χ1v) is 9.08. The van der Waals surface area contributed by atoms with Gasteiger partial charge in [-0.3, -0.25) is 4.79 Å². The molecule has 2 atom stereocenters. The summed E-state index contributed by atoms with van der Waals surface area (Å²) in [4.78, 5) is 15.9. The molecule has 0 aromatic heterocycles. The lowest BCUT2D eigenvalue weighted by molar-refractivity contribution is -0.144. The Labute approximate surface area is 154 Å². The van der Waals surface area contributed by atoms with Crippen molar-refractivity contribution in [2.45, 2.75) is 49.6 Å². The Morgan fingerprint density at radius 3 is 2.52 bits per heavy atom. The van der Waals surface area contributed by atoms with Gasteiger partial charge in [0.05, 0.1) is 5.41 Å². The van der Waals surface area contributed by atoms with Gasteiger partial charge in [0.2, 0.25) is 5.91 Å². The van der Waals surface area contributed by atoms with Crippen molar-refractivity contribution in [3.8, 4) is 0 Å². The second kappa shape index (κ2) is 7.60. The van der Waals surface area contributed by atoms with Gasteiger partial charge >= 0.3 is 0 Å². The molecule has 3 saturated heterocycles. The van der Waals surface area contributed by atoms with E-state index in [9.17, 15) is 9.18 Å². The number of hydrogen-bond acceptors (Lipinski definition) is 3. The van der Waals surface area contributed by atoms with Crippen molar-refractivity contribution in [1.29, 1.82) is 0 Å². The second-order valence-electron chi connectivity index (χ2n) is 7.29. The van der Waals surface area contributed by atoms with Crippen LogP contribution in [0, 0.1) is 5.82 Å². The molecule has 3 heterocycles. The summed E-state index contributed by atoms with van der Waals surface area (Å²) in [6.07, 6.45) is 4.58. The second-order valence-corrected chi connectivity index (χ2v) is 7.29. The van der Waals surface area contributed by atoms with E-state index in [2.05, 4.69) is 10.2 Å². The lowest BCUT2D eigenvalue weighted by Crippen LogP contribution is -2.54. The van der Waals surface area contributed by atoms with Crippen LogP contribution in [0.4, 0.5) is 4.39 Å². The van der Waals surface area contributed by atoms with Crippen molar-refractivity contribution in [2.24, 2.45) is 0 Å². The predicted molar refractivity (Wildman–Crippen MR) is 96.5 cm³/mol. The maximum Gasteiger partial charge on any atom is 0.233 e. The van der Waals surface area contributed by atoms with E-state index in [1.54, 1.807) is 12.1 Å². The minimum atomic E-state index is -0.558. The number of nitrogens with zero attached hydrogens (tertiary/aromatic N) is 1. The summed E-state index contributed by atoms with van der Waals surface area (Å²) in [7, 11) is 0. The molecule has 0 aliphatic carbocycles. The quantitative estimate of drug-likeness (QED) is 0.872. The van der Waals surface area contributed by atoms with E-state index in [0.717, 1.165) is 37.9 Å². The number of carbonyl (C=O) groups is 1. The Balaban J connectivity index is 0.00000182. The number of benzene rings is 1. The Morgan fingerprint density at radius 1 is 1.12 bits per heavy atom. The van der Waals surface area contributed by atoms with Gasteiger partial charge in [0.1, 0.15) is 5.82 Å². The molecule has 6 heteroatoms. The number of carbonyl (C=O) groups excluding carboxylic acids is 1. The SMILES string of the molecule is Cl.O=C(N1C2CCNCC1CC2)C1(c2ccc(F)cc2)CCOCC1. The summed E-state index contributed by atoms with van der Waals surface area (Å²) in [5.74, 6) is -0.0268. The summed E-state index contributed by atoms with van der Waals surface area (Å²) in [6, 6.07) is 7.16. The van der Waals surface area contributed by atoms with Crippen LogP contribution in [0.2, 0.25) is 0 Å². The zero-order valence-electron chi connectivity index (χ0n) is 14.4. The highest BCUT2D eigenvalue weighted by Gasteiger charge is 2.49. The highest BCUT2D eigenvalue weighted by Crippen LogP contribution is 2.40. The van der Waals surface area contributed by atoms with Gasteiger partial charge in [0, 0.05) is 31.8 Å². The standard InChI is InChI=1S/C19H25FN2O2.ClH/c20-15-3-1-14(2-4-15)19(8-11-24-12-9-19)18(23)22-16-5-6-17(22)13-21-10-7-16;/h1-4,16-17,21H,5-13H2;1H. The van der Waals surface area contributed by atoms with Gasteiger partial charge < -0.3 is 15.0 Å². The van der Waals surface area contributed by atoms with Gasteiger partial charge in [0.15, 0.2) is 0 Å². The van der Waals surface area contributed by atoms with E-state index < -0.39 is 5.41 Å². The zero-order chi connectivity index (χ0) is 16.6. The molecule has 3 fully saturated rings. The number of ether oxygens (including phenoxy) is 1. The van der Waals surface area contributed by atoms with E-state index in [1.165, 1.54) is 12.1 Å². The van der Waals surface area contributed by atoms with Crippen LogP contribution in [-0.2, 0) is 14.9 Å². The van der Waals surface area contributed by atoms with Crippen molar-refractivity contribution in [2.75, 3.05) is 26.3 Å². The van der Waals surface area contributed by atoms with Gasteiger partial charge in [-0.15, -0.1) is 12.4 Å². The van der Waals surface area contributed by atoms with E-state index in [-0.39, 0.29) is 24.1 Å². The van der Waals surface area contributed by atoms with E-state index in [4.69, 9.17) is 4.74 Å². The van der Waals surface area contributed by atoms with E-state index in [0.29, 0.717) is 38.1 Å². The highest BCUT2D eigenvalue weighted by molar-refractivity contribution is 5.89. The van der Waals surface area contributed by atoms with Crippen molar-refractivity contribution >= 4 is 18.3 Å². The third-order valence-corrected chi connectivity index (χ3v) is 6.04. The first kappa shape index (κ1) is 18.6. The Bertz CT molecular complexity index is 590. The summed E-state index contributed by atoms with van der Waals surface area (Å²) < 4.78 is 18.9. The van der Waals surface area contributed by atoms with Crippen LogP contribution in [0.25, 0.3) is 0 Å². The fourth-order valence-corrected chi connectivity index (χ4v) is 4.68. The maximum atomic E-state index is 13.7. The van der Waals surface area contributed by atoms with Crippen molar-refractivity contribution < 1.29 is 13.9 Å². The summed E-state index contributed by atoms with van der Waals surface area (Å²) in [6.45, 7) is 3.05. The lowest BCUT2D eigenvalue weighted by Gasteiger charge is -2.42. The third-order valence-electron chi connectivity index (χ3n) is 6.04. The van der Waals surface area contributed by atoms with Crippen LogP contribution in [0.3, 0.4) is 0 Å². The smallest absolute Gasteiger partial charge is 0.233 e. The van der Waals surface area contributed by atoms with E-state index in [1.807, 2.05) is 0 Å². The number of rotatable bonds is 2. The van der Waals surface area contributed by atoms with Gasteiger partial charge in [-0.05, 0) is 56.3 Å². The van der Waals surface area contributed by atoms with Gasteiger partial charge in [0.25, 0.3) is 0 Å². The molecule has 3 aliphatic rings. The van der Waals surface area contributed by atoms with Crippen LogP contribution < -0.4 is 5.32 Å². The number of hydrogen-bond donors (Lipinski definition) is 1. The first-order valence-electron chi connectivity index (χ1n) is 9.08. The van der Waals surface area contributed by atoms with Gasteiger partial charge in [-0.25, -0.2) is 4.39 Å². The van der Waals surface area contributed by atoms with Crippen LogP contribution in [0.5, 0.6) is 0 Å². The van der Waals surface area contributed by atoms with E-state index >= 15 is 0 Å². The van der Waals surface area contributed by atoms with Crippen LogP contribution in [0.15, 0.2) is 24.3 Å². The maximum absolute atomic E-state index is 13.7. The number of fused-ring (bicyclic) bond motifs is 2. The van der Waals surface area contributed by atoms with Crippen molar-refractivity contribution in [3.05, 3.63) is 35.6 Å². The molecule has 0 saturated carbocycles. The Hall–Kier alpha value is -1.17. The molecule has 2 bridgehead atoms. The summed E-state index contributed by atoms with van der Waals surface area (Å²) >= 11 is 0. The molecular formula is C19H26ClFN2O2. The van der Waals surface area contributed by atoms with Crippen molar-refractivity contribution in [3.63, 3.8) is 0 Å². The molecule has 0 spiro atoms. The molecule has 4 nitrogen and oxygen atoms in total. The fourth-order valence-electron chi connectivity index (χ4n) is 4.68. The first-order chi connectivity index (χ1) is 11.7. The minimum absolute atomic E-state index is 0. The zero-order valence-corrected chi connectivity index (χ0v) is 15.2. The highest BCUT2D eigenvalue weighted by atomic mass is 35.5. The molecule has 3 aliphatic heterocycles. The van der Waals surface area contributed by atoms with Gasteiger partial charge in [-0.1, -0.05) is 12.1 Å². The van der Waals surface area contributed by atoms with Gasteiger partial charge in [-0.2, -0.15) is 0 Å². The average Bonchev–Trinajstić information content (AvgIpc) is 2.88. The van der Waals surface area contributed by atoms with Crippen LogP contribution in [-0.4, -0.2) is 49.2 Å². The summed E-state index contributed by atoms with van der Waals surface area (Å²) in [5, 5.41) is 3.46. The Morgan fingerprint density at radius 2 is 1.80 bits per heavy atom. The number of amides is 1. The largest absolute Gasteiger partial charge is 0.381 e. The normalized spacial score (nSPS) is 28.1. The lowest BCUT2D eigenvalue weighted by atomic mass is 9.72. The summed E-state index contributed by atoms with van der Waals surface area (Å²) in [5.41, 5.74) is 0.380. The molecule has 0 radical (unpaired) electrons.